The van der Waals surface area contributed by atoms with Crippen LogP contribution in [0.2, 0.25) is 0 Å². The summed E-state index contributed by atoms with van der Waals surface area (Å²) in [7, 11) is 1.78. The Balaban J connectivity index is 1.34. The molecule has 0 unspecified atom stereocenters. The van der Waals surface area contributed by atoms with Crippen molar-refractivity contribution in [2.75, 3.05) is 19.2 Å². The van der Waals surface area contributed by atoms with Crippen LogP contribution in [0.3, 0.4) is 0 Å². The van der Waals surface area contributed by atoms with Gasteiger partial charge >= 0.3 is 6.03 Å². The van der Waals surface area contributed by atoms with E-state index >= 15 is 0 Å². The third-order valence-electron chi connectivity index (χ3n) is 4.25. The number of nitrogens with one attached hydrogen (secondary N) is 1. The predicted octanol–water partition coefficient (Wildman–Crippen LogP) is 4.72. The van der Waals surface area contributed by atoms with Gasteiger partial charge in [0, 0.05) is 23.7 Å². The SMILES string of the molecule is CN(Cc1cccs1)C(=O)Nc1cccc(COc2ccc3c(c2)OCO3)c1. The molecule has 4 rings (SSSR count). The minimum atomic E-state index is -0.151. The number of ether oxygens (including phenoxy) is 3. The molecule has 144 valence electrons. The van der Waals surface area contributed by atoms with E-state index in [-0.39, 0.29) is 12.8 Å². The smallest absolute Gasteiger partial charge is 0.321 e. The van der Waals surface area contributed by atoms with Crippen molar-refractivity contribution in [2.45, 2.75) is 13.2 Å². The van der Waals surface area contributed by atoms with Crippen molar-refractivity contribution in [1.82, 2.24) is 4.90 Å². The van der Waals surface area contributed by atoms with E-state index in [1.165, 1.54) is 0 Å². The monoisotopic (exact) mass is 396 g/mol. The highest BCUT2D eigenvalue weighted by Crippen LogP contribution is 2.35. The van der Waals surface area contributed by atoms with E-state index in [9.17, 15) is 4.79 Å². The second-order valence-electron chi connectivity index (χ2n) is 6.37. The van der Waals surface area contributed by atoms with E-state index in [1.807, 2.05) is 60.0 Å². The third-order valence-corrected chi connectivity index (χ3v) is 5.11. The van der Waals surface area contributed by atoms with Crippen LogP contribution < -0.4 is 19.5 Å². The number of anilines is 1. The van der Waals surface area contributed by atoms with Crippen LogP contribution in [-0.4, -0.2) is 24.8 Å². The fourth-order valence-electron chi connectivity index (χ4n) is 2.80. The summed E-state index contributed by atoms with van der Waals surface area (Å²) in [6.07, 6.45) is 0. The average Bonchev–Trinajstić information content (AvgIpc) is 3.38. The van der Waals surface area contributed by atoms with Gasteiger partial charge in [0.15, 0.2) is 11.5 Å². The summed E-state index contributed by atoms with van der Waals surface area (Å²) in [4.78, 5) is 15.2. The van der Waals surface area contributed by atoms with E-state index in [4.69, 9.17) is 14.2 Å². The highest BCUT2D eigenvalue weighted by Gasteiger charge is 2.14. The Bertz CT molecular complexity index is 959. The summed E-state index contributed by atoms with van der Waals surface area (Å²) in [5.74, 6) is 2.12. The molecule has 2 amide bonds. The first-order chi connectivity index (χ1) is 13.7. The number of rotatable bonds is 6. The second kappa shape index (κ2) is 8.22. The van der Waals surface area contributed by atoms with Gasteiger partial charge in [-0.05, 0) is 41.3 Å². The first-order valence-electron chi connectivity index (χ1n) is 8.83. The van der Waals surface area contributed by atoms with Crippen LogP contribution >= 0.6 is 11.3 Å². The molecule has 0 saturated carbocycles. The minimum Gasteiger partial charge on any atom is -0.489 e. The van der Waals surface area contributed by atoms with Crippen molar-refractivity contribution >= 4 is 23.1 Å². The molecule has 1 N–H and O–H groups in total. The number of urea groups is 1. The number of hydrogen-bond acceptors (Lipinski definition) is 5. The van der Waals surface area contributed by atoms with Gasteiger partial charge in [-0.3, -0.25) is 0 Å². The Morgan fingerprint density at radius 2 is 2.04 bits per heavy atom. The van der Waals surface area contributed by atoms with Gasteiger partial charge in [-0.1, -0.05) is 18.2 Å². The summed E-state index contributed by atoms with van der Waals surface area (Å²) < 4.78 is 16.5. The Morgan fingerprint density at radius 1 is 1.14 bits per heavy atom. The maximum atomic E-state index is 12.4. The van der Waals surface area contributed by atoms with Gasteiger partial charge < -0.3 is 24.4 Å². The molecule has 0 bridgehead atoms. The van der Waals surface area contributed by atoms with Crippen molar-refractivity contribution in [3.05, 3.63) is 70.4 Å². The molecule has 0 spiro atoms. The molecular formula is C21H20N2O4S. The van der Waals surface area contributed by atoms with Crippen molar-refractivity contribution in [2.24, 2.45) is 0 Å². The summed E-state index contributed by atoms with van der Waals surface area (Å²) >= 11 is 1.63. The standard InChI is InChI=1S/C21H20N2O4S/c1-23(12-18-6-3-9-28-18)21(24)22-16-5-2-4-15(10-16)13-25-17-7-8-19-20(11-17)27-14-26-19/h2-11H,12-14H2,1H3,(H,22,24). The number of hydrogen-bond donors (Lipinski definition) is 1. The van der Waals surface area contributed by atoms with Crippen LogP contribution in [0.4, 0.5) is 10.5 Å². The normalized spacial score (nSPS) is 11.9. The summed E-state index contributed by atoms with van der Waals surface area (Å²) in [6, 6.07) is 17.0. The zero-order valence-electron chi connectivity index (χ0n) is 15.4. The molecule has 1 aromatic heterocycles. The Morgan fingerprint density at radius 3 is 2.89 bits per heavy atom. The molecule has 0 fully saturated rings. The molecule has 0 atom stereocenters. The van der Waals surface area contributed by atoms with Crippen molar-refractivity contribution < 1.29 is 19.0 Å². The van der Waals surface area contributed by atoms with Gasteiger partial charge in [0.05, 0.1) is 6.54 Å². The van der Waals surface area contributed by atoms with Crippen LogP contribution in [0.1, 0.15) is 10.4 Å². The lowest BCUT2D eigenvalue weighted by molar-refractivity contribution is 0.173. The van der Waals surface area contributed by atoms with E-state index < -0.39 is 0 Å². The Kier molecular flexibility index (Phi) is 5.34. The lowest BCUT2D eigenvalue weighted by atomic mass is 10.2. The molecule has 7 heteroatoms. The van der Waals surface area contributed by atoms with Crippen LogP contribution in [0.5, 0.6) is 17.2 Å². The molecule has 28 heavy (non-hydrogen) atoms. The molecule has 1 aliphatic rings. The molecule has 2 heterocycles. The fourth-order valence-corrected chi connectivity index (χ4v) is 3.56. The number of thiophene rings is 1. The molecule has 0 aliphatic carbocycles. The zero-order valence-corrected chi connectivity index (χ0v) is 16.2. The number of amides is 2. The Labute approximate surface area is 167 Å². The second-order valence-corrected chi connectivity index (χ2v) is 7.40. The van der Waals surface area contributed by atoms with E-state index in [1.54, 1.807) is 23.3 Å². The highest BCUT2D eigenvalue weighted by atomic mass is 32.1. The zero-order chi connectivity index (χ0) is 19.3. The average molecular weight is 396 g/mol. The summed E-state index contributed by atoms with van der Waals surface area (Å²) in [5.41, 5.74) is 1.69. The van der Waals surface area contributed by atoms with Gasteiger partial charge in [0.2, 0.25) is 6.79 Å². The fraction of sp³-hybridized carbons (Fsp3) is 0.190. The third kappa shape index (κ3) is 4.37. The maximum absolute atomic E-state index is 12.4. The molecule has 1 aliphatic heterocycles. The molecule has 3 aromatic rings. The maximum Gasteiger partial charge on any atom is 0.321 e. The minimum absolute atomic E-state index is 0.151. The molecule has 6 nitrogen and oxygen atoms in total. The van der Waals surface area contributed by atoms with Crippen molar-refractivity contribution in [1.29, 1.82) is 0 Å². The number of carbonyl (C=O) groups excluding carboxylic acids is 1. The quantitative estimate of drug-likeness (QED) is 0.655. The lowest BCUT2D eigenvalue weighted by Crippen LogP contribution is -2.30. The van der Waals surface area contributed by atoms with E-state index in [0.29, 0.717) is 24.7 Å². The van der Waals surface area contributed by atoms with Gasteiger partial charge in [0.25, 0.3) is 0 Å². The number of nitrogens with zero attached hydrogens (tertiary/aromatic N) is 1. The van der Waals surface area contributed by atoms with Gasteiger partial charge in [-0.15, -0.1) is 11.3 Å². The number of carbonyl (C=O) groups is 1. The molecule has 0 saturated heterocycles. The number of benzene rings is 2. The van der Waals surface area contributed by atoms with Gasteiger partial charge in [0.1, 0.15) is 12.4 Å². The van der Waals surface area contributed by atoms with E-state index in [2.05, 4.69) is 5.32 Å². The molecule has 0 radical (unpaired) electrons. The van der Waals surface area contributed by atoms with E-state index in [0.717, 1.165) is 21.9 Å². The summed E-state index contributed by atoms with van der Waals surface area (Å²) in [6.45, 7) is 1.20. The van der Waals surface area contributed by atoms with Crippen LogP contribution in [0, 0.1) is 0 Å². The Hall–Kier alpha value is -3.19. The van der Waals surface area contributed by atoms with Crippen LogP contribution in [0.25, 0.3) is 0 Å². The summed E-state index contributed by atoms with van der Waals surface area (Å²) in [5, 5.41) is 4.93. The van der Waals surface area contributed by atoms with Gasteiger partial charge in [-0.2, -0.15) is 0 Å². The largest absolute Gasteiger partial charge is 0.489 e. The number of fused-ring (bicyclic) bond motifs is 1. The first-order valence-corrected chi connectivity index (χ1v) is 9.71. The topological polar surface area (TPSA) is 60.0 Å². The highest BCUT2D eigenvalue weighted by molar-refractivity contribution is 7.09. The predicted molar refractivity (Wildman–Crippen MR) is 108 cm³/mol. The first kappa shape index (κ1) is 18.2. The molecule has 2 aromatic carbocycles. The van der Waals surface area contributed by atoms with Crippen LogP contribution in [0.15, 0.2) is 60.0 Å². The van der Waals surface area contributed by atoms with Crippen LogP contribution in [-0.2, 0) is 13.2 Å². The van der Waals surface area contributed by atoms with Gasteiger partial charge in [-0.25, -0.2) is 4.79 Å². The van der Waals surface area contributed by atoms with Crippen molar-refractivity contribution in [3.8, 4) is 17.2 Å². The van der Waals surface area contributed by atoms with Crippen molar-refractivity contribution in [3.63, 3.8) is 0 Å². The lowest BCUT2D eigenvalue weighted by Gasteiger charge is -2.17. The molecular weight excluding hydrogens is 376 g/mol.